The summed E-state index contributed by atoms with van der Waals surface area (Å²) >= 11 is 0. The Balaban J connectivity index is 2.23. The summed E-state index contributed by atoms with van der Waals surface area (Å²) in [5.74, 6) is 0.110. The van der Waals surface area contributed by atoms with Gasteiger partial charge in [-0.15, -0.1) is 0 Å². The fourth-order valence-corrected chi connectivity index (χ4v) is 1.95. The zero-order chi connectivity index (χ0) is 13.6. The molecular formula is C12H8F3N3O. The van der Waals surface area contributed by atoms with E-state index in [4.69, 9.17) is 10.3 Å². The van der Waals surface area contributed by atoms with Crippen LogP contribution in [0, 0.1) is 0 Å². The summed E-state index contributed by atoms with van der Waals surface area (Å²) < 4.78 is 42.8. The topological polar surface area (TPSA) is 67.8 Å². The quantitative estimate of drug-likeness (QED) is 0.709. The van der Waals surface area contributed by atoms with Crippen LogP contribution in [0.3, 0.4) is 0 Å². The Labute approximate surface area is 105 Å². The minimum absolute atomic E-state index is 0.110. The van der Waals surface area contributed by atoms with Crippen molar-refractivity contribution in [2.75, 3.05) is 5.73 Å². The molecule has 3 aromatic rings. The molecule has 3 N–H and O–H groups in total. The predicted octanol–water partition coefficient (Wildman–Crippen LogP) is 3.42. The molecule has 0 bridgehead atoms. The second-order valence-corrected chi connectivity index (χ2v) is 4.06. The van der Waals surface area contributed by atoms with E-state index in [1.165, 1.54) is 6.07 Å². The number of rotatable bonds is 1. The molecule has 0 aliphatic carbocycles. The summed E-state index contributed by atoms with van der Waals surface area (Å²) in [4.78, 5) is 2.34. The van der Waals surface area contributed by atoms with E-state index in [2.05, 4.69) is 10.1 Å². The number of halogens is 3. The summed E-state index contributed by atoms with van der Waals surface area (Å²) in [6.07, 6.45) is -4.42. The normalized spacial score (nSPS) is 12.2. The van der Waals surface area contributed by atoms with Gasteiger partial charge in [-0.25, -0.2) is 0 Å². The van der Waals surface area contributed by atoms with Crippen LogP contribution in [0.15, 0.2) is 34.9 Å². The molecule has 0 fully saturated rings. The Kier molecular flexibility index (Phi) is 2.31. The minimum Gasteiger partial charge on any atom is -0.368 e. The highest BCUT2D eigenvalue weighted by Gasteiger charge is 2.32. The van der Waals surface area contributed by atoms with Gasteiger partial charge in [-0.3, -0.25) is 0 Å². The lowest BCUT2D eigenvalue weighted by Gasteiger charge is -2.00. The molecule has 0 unspecified atom stereocenters. The minimum atomic E-state index is -4.42. The molecule has 2 aromatic heterocycles. The van der Waals surface area contributed by atoms with Gasteiger partial charge >= 0.3 is 6.18 Å². The summed E-state index contributed by atoms with van der Waals surface area (Å²) in [7, 11) is 0. The first-order valence-electron chi connectivity index (χ1n) is 5.36. The molecule has 4 nitrogen and oxygen atoms in total. The number of hydrogen-bond donors (Lipinski definition) is 2. The molecule has 0 spiro atoms. The molecule has 1 aromatic carbocycles. The first kappa shape index (κ1) is 11.6. The number of aromatic nitrogens is 2. The number of nitrogen functional groups attached to an aromatic ring is 1. The molecule has 19 heavy (non-hydrogen) atoms. The van der Waals surface area contributed by atoms with E-state index < -0.39 is 11.9 Å². The van der Waals surface area contributed by atoms with Gasteiger partial charge in [0.05, 0.1) is 0 Å². The summed E-state index contributed by atoms with van der Waals surface area (Å²) in [5.41, 5.74) is 5.93. The zero-order valence-corrected chi connectivity index (χ0v) is 9.45. The average Bonchev–Trinajstić information content (AvgIpc) is 2.93. The third-order valence-electron chi connectivity index (χ3n) is 2.77. The third kappa shape index (κ3) is 1.92. The maximum absolute atomic E-state index is 12.7. The number of anilines is 1. The van der Waals surface area contributed by atoms with Crippen LogP contribution >= 0.6 is 0 Å². The van der Waals surface area contributed by atoms with Gasteiger partial charge < -0.3 is 15.2 Å². The molecular weight excluding hydrogens is 259 g/mol. The number of nitrogens with zero attached hydrogens (tertiary/aromatic N) is 1. The lowest BCUT2D eigenvalue weighted by atomic mass is 10.1. The number of H-pyrrole nitrogens is 1. The summed E-state index contributed by atoms with van der Waals surface area (Å²) in [6, 6.07) is 7.38. The molecule has 0 saturated heterocycles. The van der Waals surface area contributed by atoms with Gasteiger partial charge in [-0.05, 0) is 12.1 Å². The number of fused-ring (bicyclic) bond motifs is 1. The van der Waals surface area contributed by atoms with Crippen LogP contribution in [0.4, 0.5) is 19.1 Å². The van der Waals surface area contributed by atoms with Crippen LogP contribution in [0.1, 0.15) is 5.69 Å². The van der Waals surface area contributed by atoms with Gasteiger partial charge in [-0.2, -0.15) is 13.2 Å². The molecule has 2 heterocycles. The molecule has 0 saturated carbocycles. The largest absolute Gasteiger partial charge is 0.431 e. The SMILES string of the molecule is Nc1cc(-c2cccc3[nH]c(C(F)(F)F)cc23)no1. The molecule has 3 rings (SSSR count). The number of hydrogen-bond acceptors (Lipinski definition) is 3. The van der Waals surface area contributed by atoms with Gasteiger partial charge in [0.25, 0.3) is 0 Å². The first-order chi connectivity index (χ1) is 8.95. The summed E-state index contributed by atoms with van der Waals surface area (Å²) in [5, 5.41) is 4.13. The number of aromatic amines is 1. The van der Waals surface area contributed by atoms with E-state index in [1.54, 1.807) is 18.2 Å². The lowest BCUT2D eigenvalue weighted by molar-refractivity contribution is -0.140. The zero-order valence-electron chi connectivity index (χ0n) is 9.45. The van der Waals surface area contributed by atoms with E-state index in [0.29, 0.717) is 22.2 Å². The molecule has 0 radical (unpaired) electrons. The van der Waals surface area contributed by atoms with Crippen LogP contribution < -0.4 is 5.73 Å². The van der Waals surface area contributed by atoms with E-state index in [9.17, 15) is 13.2 Å². The van der Waals surface area contributed by atoms with Crippen molar-refractivity contribution in [3.63, 3.8) is 0 Å². The average molecular weight is 267 g/mol. The van der Waals surface area contributed by atoms with Crippen molar-refractivity contribution in [2.24, 2.45) is 0 Å². The van der Waals surface area contributed by atoms with Gasteiger partial charge in [0, 0.05) is 22.5 Å². The van der Waals surface area contributed by atoms with Crippen LogP contribution in [0.5, 0.6) is 0 Å². The highest BCUT2D eigenvalue weighted by Crippen LogP contribution is 2.35. The Morgan fingerprint density at radius 3 is 2.63 bits per heavy atom. The Morgan fingerprint density at radius 1 is 1.21 bits per heavy atom. The number of alkyl halides is 3. The van der Waals surface area contributed by atoms with Gasteiger partial charge in [0.15, 0.2) is 0 Å². The van der Waals surface area contributed by atoms with Crippen molar-refractivity contribution < 1.29 is 17.7 Å². The van der Waals surface area contributed by atoms with Crippen LogP contribution in [-0.4, -0.2) is 10.1 Å². The molecule has 7 heteroatoms. The van der Waals surface area contributed by atoms with Crippen molar-refractivity contribution in [1.82, 2.24) is 10.1 Å². The highest BCUT2D eigenvalue weighted by atomic mass is 19.4. The lowest BCUT2D eigenvalue weighted by Crippen LogP contribution is -2.04. The number of nitrogens with one attached hydrogen (secondary N) is 1. The molecule has 0 aliphatic heterocycles. The second kappa shape index (κ2) is 3.78. The van der Waals surface area contributed by atoms with E-state index in [0.717, 1.165) is 6.07 Å². The fraction of sp³-hybridized carbons (Fsp3) is 0.0833. The first-order valence-corrected chi connectivity index (χ1v) is 5.36. The van der Waals surface area contributed by atoms with E-state index in [1.807, 2.05) is 0 Å². The van der Waals surface area contributed by atoms with Crippen molar-refractivity contribution in [3.05, 3.63) is 36.0 Å². The number of nitrogens with two attached hydrogens (primary N) is 1. The summed E-state index contributed by atoms with van der Waals surface area (Å²) in [6.45, 7) is 0. The van der Waals surface area contributed by atoms with Crippen LogP contribution in [0.2, 0.25) is 0 Å². The van der Waals surface area contributed by atoms with Crippen molar-refractivity contribution in [1.29, 1.82) is 0 Å². The van der Waals surface area contributed by atoms with E-state index >= 15 is 0 Å². The smallest absolute Gasteiger partial charge is 0.368 e. The van der Waals surface area contributed by atoms with Gasteiger partial charge in [0.2, 0.25) is 5.88 Å². The highest BCUT2D eigenvalue weighted by molar-refractivity contribution is 5.95. The van der Waals surface area contributed by atoms with Crippen molar-refractivity contribution in [2.45, 2.75) is 6.18 Å². The van der Waals surface area contributed by atoms with Gasteiger partial charge in [0.1, 0.15) is 11.4 Å². The fourth-order valence-electron chi connectivity index (χ4n) is 1.95. The maximum atomic E-state index is 12.7. The third-order valence-corrected chi connectivity index (χ3v) is 2.77. The maximum Gasteiger partial charge on any atom is 0.431 e. The van der Waals surface area contributed by atoms with Crippen molar-refractivity contribution >= 4 is 16.8 Å². The standard InChI is InChI=1S/C12H8F3N3O/c13-12(14,15)10-4-7-6(2-1-3-8(7)17-10)9-5-11(16)19-18-9/h1-5,17H,16H2. The Hall–Kier alpha value is -2.44. The number of benzene rings is 1. The van der Waals surface area contributed by atoms with E-state index in [-0.39, 0.29) is 5.88 Å². The van der Waals surface area contributed by atoms with Gasteiger partial charge in [-0.1, -0.05) is 17.3 Å². The molecule has 0 amide bonds. The Morgan fingerprint density at radius 2 is 2.00 bits per heavy atom. The second-order valence-electron chi connectivity index (χ2n) is 4.06. The molecule has 98 valence electrons. The molecule has 0 atom stereocenters. The van der Waals surface area contributed by atoms with Crippen LogP contribution in [-0.2, 0) is 6.18 Å². The Bertz CT molecular complexity index is 742. The molecule has 0 aliphatic rings. The van der Waals surface area contributed by atoms with Crippen molar-refractivity contribution in [3.8, 4) is 11.3 Å². The predicted molar refractivity (Wildman–Crippen MR) is 63.2 cm³/mol. The van der Waals surface area contributed by atoms with Crippen LogP contribution in [0.25, 0.3) is 22.2 Å². The monoisotopic (exact) mass is 267 g/mol.